The Hall–Kier alpha value is -1.26. The van der Waals surface area contributed by atoms with E-state index in [0.29, 0.717) is 23.7 Å². The average Bonchev–Trinajstić information content (AvgIpc) is 2.42. The lowest BCUT2D eigenvalue weighted by atomic mass is 10.1. The van der Waals surface area contributed by atoms with Crippen molar-refractivity contribution in [3.8, 4) is 5.75 Å². The van der Waals surface area contributed by atoms with Gasteiger partial charge in [-0.15, -0.1) is 0 Å². The summed E-state index contributed by atoms with van der Waals surface area (Å²) in [5.74, 6) is 0.505. The molecule has 0 saturated carbocycles. The van der Waals surface area contributed by atoms with Crippen LogP contribution < -0.4 is 15.8 Å². The van der Waals surface area contributed by atoms with E-state index in [-0.39, 0.29) is 5.91 Å². The van der Waals surface area contributed by atoms with Gasteiger partial charge >= 0.3 is 0 Å². The maximum Gasteiger partial charge on any atom is 0.237 e. The van der Waals surface area contributed by atoms with E-state index >= 15 is 0 Å². The summed E-state index contributed by atoms with van der Waals surface area (Å²) in [5, 5.41) is 3.37. The van der Waals surface area contributed by atoms with Crippen LogP contribution in [0.1, 0.15) is 31.7 Å². The molecule has 1 rings (SSSR count). The molecule has 1 aromatic rings. The zero-order valence-electron chi connectivity index (χ0n) is 11.4. The average molecular weight is 285 g/mol. The van der Waals surface area contributed by atoms with E-state index in [9.17, 15) is 4.79 Å². The Labute approximate surface area is 119 Å². The summed E-state index contributed by atoms with van der Waals surface area (Å²) in [6, 6.07) is 4.92. The number of amides is 1. The number of hydrogen-bond donors (Lipinski definition) is 2. The molecular formula is C14H21ClN2O2. The molecule has 1 aromatic carbocycles. The fourth-order valence-corrected chi connectivity index (χ4v) is 2.00. The third kappa shape index (κ3) is 4.73. The van der Waals surface area contributed by atoms with Crippen molar-refractivity contribution in [3.05, 3.63) is 28.8 Å². The molecule has 0 radical (unpaired) electrons. The van der Waals surface area contributed by atoms with Gasteiger partial charge in [-0.3, -0.25) is 4.79 Å². The number of nitrogens with one attached hydrogen (secondary N) is 1. The fraction of sp³-hybridized carbons (Fsp3) is 0.500. The van der Waals surface area contributed by atoms with Gasteiger partial charge in [0.25, 0.3) is 0 Å². The second kappa shape index (κ2) is 8.02. The van der Waals surface area contributed by atoms with Gasteiger partial charge in [-0.05, 0) is 18.6 Å². The first-order valence-corrected chi connectivity index (χ1v) is 6.82. The zero-order valence-corrected chi connectivity index (χ0v) is 12.2. The van der Waals surface area contributed by atoms with Crippen molar-refractivity contribution in [3.63, 3.8) is 0 Å². The Morgan fingerprint density at radius 2 is 2.26 bits per heavy atom. The van der Waals surface area contributed by atoms with Crippen LogP contribution in [0, 0.1) is 0 Å². The summed E-state index contributed by atoms with van der Waals surface area (Å²) in [5.41, 5.74) is 6.57. The summed E-state index contributed by atoms with van der Waals surface area (Å²) in [6.45, 7) is 2.39. The second-order valence-electron chi connectivity index (χ2n) is 4.39. The molecule has 0 bridgehead atoms. The fourth-order valence-electron chi connectivity index (χ4n) is 1.76. The minimum Gasteiger partial charge on any atom is -0.496 e. The van der Waals surface area contributed by atoms with Crippen molar-refractivity contribution in [2.75, 3.05) is 7.11 Å². The summed E-state index contributed by atoms with van der Waals surface area (Å²) in [6.07, 6.45) is 2.67. The van der Waals surface area contributed by atoms with E-state index in [1.54, 1.807) is 19.2 Å². The first kappa shape index (κ1) is 15.8. The monoisotopic (exact) mass is 284 g/mol. The normalized spacial score (nSPS) is 12.0. The molecule has 0 aliphatic heterocycles. The van der Waals surface area contributed by atoms with Crippen LogP contribution in [0.2, 0.25) is 5.02 Å². The zero-order chi connectivity index (χ0) is 14.3. The van der Waals surface area contributed by atoms with E-state index in [1.807, 2.05) is 6.07 Å². The molecule has 19 heavy (non-hydrogen) atoms. The quantitative estimate of drug-likeness (QED) is 0.808. The van der Waals surface area contributed by atoms with Gasteiger partial charge in [0.1, 0.15) is 5.75 Å². The number of halogens is 1. The third-order valence-electron chi connectivity index (χ3n) is 2.94. The number of carbonyl (C=O) groups is 1. The molecule has 1 unspecified atom stereocenters. The second-order valence-corrected chi connectivity index (χ2v) is 4.79. The topological polar surface area (TPSA) is 64.4 Å². The van der Waals surface area contributed by atoms with Gasteiger partial charge in [-0.25, -0.2) is 0 Å². The van der Waals surface area contributed by atoms with Crippen molar-refractivity contribution in [1.82, 2.24) is 5.32 Å². The summed E-state index contributed by atoms with van der Waals surface area (Å²) in [7, 11) is 1.57. The van der Waals surface area contributed by atoms with Crippen LogP contribution in [-0.2, 0) is 11.3 Å². The van der Waals surface area contributed by atoms with Crippen LogP contribution in [-0.4, -0.2) is 19.1 Å². The molecule has 0 aliphatic rings. The van der Waals surface area contributed by atoms with Crippen LogP contribution in [0.4, 0.5) is 0 Å². The van der Waals surface area contributed by atoms with Gasteiger partial charge in [-0.2, -0.15) is 0 Å². The number of methoxy groups -OCH3 is 1. The minimum atomic E-state index is -0.464. The lowest BCUT2D eigenvalue weighted by Crippen LogP contribution is -2.40. The Balaban J connectivity index is 2.59. The molecule has 106 valence electrons. The summed E-state index contributed by atoms with van der Waals surface area (Å²) in [4.78, 5) is 11.8. The number of benzene rings is 1. The highest BCUT2D eigenvalue weighted by Gasteiger charge is 2.14. The molecule has 5 heteroatoms. The van der Waals surface area contributed by atoms with Gasteiger partial charge in [0.2, 0.25) is 5.91 Å². The van der Waals surface area contributed by atoms with Gasteiger partial charge in [-0.1, -0.05) is 37.4 Å². The molecular weight excluding hydrogens is 264 g/mol. The van der Waals surface area contributed by atoms with Crippen LogP contribution in [0.25, 0.3) is 0 Å². The predicted octanol–water partition coefficient (Wildman–Crippen LogP) is 2.48. The van der Waals surface area contributed by atoms with E-state index in [1.165, 1.54) is 0 Å². The lowest BCUT2D eigenvalue weighted by molar-refractivity contribution is -0.122. The first-order chi connectivity index (χ1) is 9.10. The summed E-state index contributed by atoms with van der Waals surface area (Å²) >= 11 is 6.09. The molecule has 0 spiro atoms. The van der Waals surface area contributed by atoms with Gasteiger partial charge in [0.15, 0.2) is 0 Å². The van der Waals surface area contributed by atoms with Crippen molar-refractivity contribution in [2.24, 2.45) is 5.73 Å². The van der Waals surface area contributed by atoms with E-state index in [2.05, 4.69) is 12.2 Å². The van der Waals surface area contributed by atoms with E-state index in [4.69, 9.17) is 22.1 Å². The maximum absolute atomic E-state index is 11.8. The Bertz CT molecular complexity index is 424. The number of ether oxygens (including phenoxy) is 1. The largest absolute Gasteiger partial charge is 0.496 e. The minimum absolute atomic E-state index is 0.157. The molecule has 0 aliphatic carbocycles. The molecule has 4 nitrogen and oxygen atoms in total. The number of unbranched alkanes of at least 4 members (excludes halogenated alkanes) is 1. The number of carbonyl (C=O) groups excluding carboxylic acids is 1. The predicted molar refractivity (Wildman–Crippen MR) is 77.4 cm³/mol. The highest BCUT2D eigenvalue weighted by Crippen LogP contribution is 2.25. The van der Waals surface area contributed by atoms with E-state index in [0.717, 1.165) is 18.4 Å². The molecule has 0 heterocycles. The number of rotatable bonds is 7. The highest BCUT2D eigenvalue weighted by atomic mass is 35.5. The van der Waals surface area contributed by atoms with Crippen LogP contribution in [0.3, 0.4) is 0 Å². The van der Waals surface area contributed by atoms with E-state index < -0.39 is 6.04 Å². The Morgan fingerprint density at radius 3 is 2.89 bits per heavy atom. The van der Waals surface area contributed by atoms with Crippen molar-refractivity contribution < 1.29 is 9.53 Å². The number of nitrogens with two attached hydrogens (primary N) is 1. The van der Waals surface area contributed by atoms with Crippen LogP contribution in [0.15, 0.2) is 18.2 Å². The lowest BCUT2D eigenvalue weighted by Gasteiger charge is -2.14. The smallest absolute Gasteiger partial charge is 0.237 e. The maximum atomic E-state index is 11.8. The van der Waals surface area contributed by atoms with Crippen LogP contribution in [0.5, 0.6) is 5.75 Å². The molecule has 0 aromatic heterocycles. The van der Waals surface area contributed by atoms with Gasteiger partial charge in [0, 0.05) is 17.1 Å². The van der Waals surface area contributed by atoms with Gasteiger partial charge < -0.3 is 15.8 Å². The van der Waals surface area contributed by atoms with Crippen molar-refractivity contribution in [1.29, 1.82) is 0 Å². The van der Waals surface area contributed by atoms with Gasteiger partial charge in [0.05, 0.1) is 13.2 Å². The number of hydrogen-bond acceptors (Lipinski definition) is 3. The molecule has 1 amide bonds. The molecule has 1 atom stereocenters. The Morgan fingerprint density at radius 1 is 1.53 bits per heavy atom. The molecule has 0 fully saturated rings. The van der Waals surface area contributed by atoms with Crippen LogP contribution >= 0.6 is 11.6 Å². The first-order valence-electron chi connectivity index (χ1n) is 6.44. The summed E-state index contributed by atoms with van der Waals surface area (Å²) < 4.78 is 5.22. The third-order valence-corrected chi connectivity index (χ3v) is 3.29. The Kier molecular flexibility index (Phi) is 6.67. The highest BCUT2D eigenvalue weighted by molar-refractivity contribution is 6.31. The van der Waals surface area contributed by atoms with Crippen molar-refractivity contribution in [2.45, 2.75) is 38.8 Å². The molecule has 3 N–H and O–H groups in total. The van der Waals surface area contributed by atoms with Crippen molar-refractivity contribution >= 4 is 17.5 Å². The SMILES string of the molecule is CCCCC(N)C(=O)NCc1c(Cl)cccc1OC. The molecule has 0 saturated heterocycles. The standard InChI is InChI=1S/C14H21ClN2O2/c1-3-4-7-12(16)14(18)17-9-10-11(15)6-5-8-13(10)19-2/h5-6,8,12H,3-4,7,9,16H2,1-2H3,(H,17,18).